The molecule has 0 aromatic rings. The third-order valence-electron chi connectivity index (χ3n) is 12.2. The highest BCUT2D eigenvalue weighted by atomic mass is 19.4. The summed E-state index contributed by atoms with van der Waals surface area (Å²) in [5, 5.41) is 10.5. The van der Waals surface area contributed by atoms with E-state index in [9.17, 15) is 18.3 Å². The lowest BCUT2D eigenvalue weighted by Gasteiger charge is -2.62. The number of aliphatic hydroxyl groups is 1. The van der Waals surface area contributed by atoms with Gasteiger partial charge >= 0.3 is 6.18 Å². The third-order valence-corrected chi connectivity index (χ3v) is 12.2. The first kappa shape index (κ1) is 27.7. The van der Waals surface area contributed by atoms with E-state index < -0.39 is 11.8 Å². The molecule has 0 spiro atoms. The molecule has 2 nitrogen and oxygen atoms in total. The second-order valence-corrected chi connectivity index (χ2v) is 13.8. The van der Waals surface area contributed by atoms with Crippen molar-refractivity contribution < 1.29 is 23.0 Å². The zero-order valence-electron chi connectivity index (χ0n) is 22.9. The smallest absolute Gasteiger partial charge is 0.382 e. The molecule has 0 heterocycles. The number of fused-ring (bicyclic) bond motifs is 5. The Balaban J connectivity index is 1.37. The Kier molecular flexibility index (Phi) is 8.02. The lowest BCUT2D eigenvalue weighted by Crippen LogP contribution is -2.59. The molecule has 0 aliphatic heterocycles. The first-order valence-electron chi connectivity index (χ1n) is 14.7. The molecule has 4 rings (SSSR count). The second kappa shape index (κ2) is 10.1. The van der Waals surface area contributed by atoms with Crippen molar-refractivity contribution >= 4 is 0 Å². The topological polar surface area (TPSA) is 29.5 Å². The lowest BCUT2D eigenvalue weighted by atomic mass is 9.43. The SMILES string of the molecule is COC(C)CCCCC[C@@H](C)[C@H]1CC[C@H]2[C@@H]3CC[C@H]4C[C@](O)(C(F)(F)F)CC[C@]4(C)C3CC[C@]12C. The van der Waals surface area contributed by atoms with Gasteiger partial charge in [-0.2, -0.15) is 13.2 Å². The van der Waals surface area contributed by atoms with E-state index in [1.165, 1.54) is 51.4 Å². The summed E-state index contributed by atoms with van der Waals surface area (Å²) in [6.07, 6.45) is 9.49. The van der Waals surface area contributed by atoms with Gasteiger partial charge in [0, 0.05) is 7.11 Å². The number of hydrogen-bond acceptors (Lipinski definition) is 2. The van der Waals surface area contributed by atoms with Crippen molar-refractivity contribution in [2.45, 2.75) is 135 Å². The summed E-state index contributed by atoms with van der Waals surface area (Å²) >= 11 is 0. The van der Waals surface area contributed by atoms with Crippen LogP contribution in [-0.2, 0) is 4.74 Å². The Labute approximate surface area is 212 Å². The number of ether oxygens (including phenoxy) is 1. The van der Waals surface area contributed by atoms with Crippen LogP contribution in [0.25, 0.3) is 0 Å². The third kappa shape index (κ3) is 4.95. The number of halogens is 3. The maximum Gasteiger partial charge on any atom is 0.417 e. The van der Waals surface area contributed by atoms with E-state index in [2.05, 4.69) is 27.7 Å². The van der Waals surface area contributed by atoms with Crippen LogP contribution < -0.4 is 0 Å². The Bertz CT molecular complexity index is 725. The van der Waals surface area contributed by atoms with E-state index in [-0.39, 0.29) is 24.2 Å². The zero-order valence-corrected chi connectivity index (χ0v) is 22.9. The highest BCUT2D eigenvalue weighted by molar-refractivity contribution is 5.11. The van der Waals surface area contributed by atoms with Crippen LogP contribution >= 0.6 is 0 Å². The van der Waals surface area contributed by atoms with Crippen LogP contribution in [0.2, 0.25) is 0 Å². The Hall–Kier alpha value is -0.290. The molecule has 1 N–H and O–H groups in total. The summed E-state index contributed by atoms with van der Waals surface area (Å²) < 4.78 is 46.2. The van der Waals surface area contributed by atoms with Gasteiger partial charge in [-0.05, 0) is 117 Å². The van der Waals surface area contributed by atoms with Gasteiger partial charge in [-0.1, -0.05) is 46.5 Å². The van der Waals surface area contributed by atoms with Crippen LogP contribution in [0.4, 0.5) is 13.2 Å². The van der Waals surface area contributed by atoms with Gasteiger partial charge in [0.25, 0.3) is 0 Å². The van der Waals surface area contributed by atoms with E-state index in [0.29, 0.717) is 29.8 Å². The van der Waals surface area contributed by atoms with Gasteiger partial charge in [0.15, 0.2) is 5.60 Å². The molecule has 204 valence electrons. The number of hydrogen-bond donors (Lipinski definition) is 1. The second-order valence-electron chi connectivity index (χ2n) is 13.8. The molecule has 0 aromatic heterocycles. The van der Waals surface area contributed by atoms with Crippen molar-refractivity contribution in [3.05, 3.63) is 0 Å². The minimum Gasteiger partial charge on any atom is -0.382 e. The van der Waals surface area contributed by atoms with Crippen molar-refractivity contribution in [1.82, 2.24) is 0 Å². The summed E-state index contributed by atoms with van der Waals surface area (Å²) in [6, 6.07) is 0. The van der Waals surface area contributed by atoms with Crippen molar-refractivity contribution in [1.29, 1.82) is 0 Å². The first-order valence-corrected chi connectivity index (χ1v) is 14.7. The summed E-state index contributed by atoms with van der Waals surface area (Å²) in [7, 11) is 1.79. The zero-order chi connectivity index (χ0) is 25.6. The van der Waals surface area contributed by atoms with Crippen LogP contribution in [-0.4, -0.2) is 30.1 Å². The molecule has 10 atom stereocenters. The molecule has 0 amide bonds. The average Bonchev–Trinajstić information content (AvgIpc) is 3.15. The van der Waals surface area contributed by atoms with Gasteiger partial charge in [-0.3, -0.25) is 0 Å². The Morgan fingerprint density at radius 1 is 0.857 bits per heavy atom. The van der Waals surface area contributed by atoms with Gasteiger partial charge in [0.05, 0.1) is 6.10 Å². The largest absolute Gasteiger partial charge is 0.417 e. The van der Waals surface area contributed by atoms with Crippen LogP contribution in [0.1, 0.15) is 118 Å². The molecule has 5 heteroatoms. The Morgan fingerprint density at radius 2 is 1.54 bits per heavy atom. The maximum atomic E-state index is 13.6. The predicted octanol–water partition coefficient (Wildman–Crippen LogP) is 8.56. The Morgan fingerprint density at radius 3 is 2.23 bits per heavy atom. The van der Waals surface area contributed by atoms with Crippen LogP contribution in [0.15, 0.2) is 0 Å². The maximum absolute atomic E-state index is 13.6. The van der Waals surface area contributed by atoms with Gasteiger partial charge < -0.3 is 9.84 Å². The molecule has 0 radical (unpaired) electrons. The van der Waals surface area contributed by atoms with Gasteiger partial charge in [0.2, 0.25) is 0 Å². The van der Waals surface area contributed by atoms with Crippen molar-refractivity contribution in [2.24, 2.45) is 46.3 Å². The minimum atomic E-state index is -4.51. The number of unbranched alkanes of at least 4 members (excludes halogenated alkanes) is 2. The first-order chi connectivity index (χ1) is 16.4. The quantitative estimate of drug-likeness (QED) is 0.338. The van der Waals surface area contributed by atoms with E-state index >= 15 is 0 Å². The molecule has 0 saturated heterocycles. The summed E-state index contributed by atoms with van der Waals surface area (Å²) in [5.74, 6) is 3.49. The fraction of sp³-hybridized carbons (Fsp3) is 1.00. The molecular weight excluding hydrogens is 449 g/mol. The van der Waals surface area contributed by atoms with E-state index in [0.717, 1.165) is 37.0 Å². The fourth-order valence-corrected chi connectivity index (χ4v) is 9.87. The molecule has 4 saturated carbocycles. The summed E-state index contributed by atoms with van der Waals surface area (Å²) in [5.41, 5.74) is -2.11. The normalized spacial score (nSPS) is 45.3. The summed E-state index contributed by atoms with van der Waals surface area (Å²) in [4.78, 5) is 0. The van der Waals surface area contributed by atoms with Crippen molar-refractivity contribution in [3.63, 3.8) is 0 Å². The average molecular weight is 501 g/mol. The lowest BCUT2D eigenvalue weighted by molar-refractivity contribution is -0.290. The van der Waals surface area contributed by atoms with Gasteiger partial charge in [-0.25, -0.2) is 0 Å². The van der Waals surface area contributed by atoms with E-state index in [1.54, 1.807) is 7.11 Å². The number of methoxy groups -OCH3 is 1. The number of rotatable bonds is 8. The molecule has 4 fully saturated rings. The monoisotopic (exact) mass is 500 g/mol. The fourth-order valence-electron chi connectivity index (χ4n) is 9.87. The van der Waals surface area contributed by atoms with Crippen LogP contribution in [0.3, 0.4) is 0 Å². The summed E-state index contributed by atoms with van der Waals surface area (Å²) in [6.45, 7) is 9.49. The molecule has 0 bridgehead atoms. The predicted molar refractivity (Wildman–Crippen MR) is 135 cm³/mol. The molecule has 4 aliphatic carbocycles. The van der Waals surface area contributed by atoms with E-state index in [4.69, 9.17) is 4.74 Å². The van der Waals surface area contributed by atoms with Gasteiger partial charge in [-0.15, -0.1) is 0 Å². The minimum absolute atomic E-state index is 0.00503. The van der Waals surface area contributed by atoms with Crippen molar-refractivity contribution in [3.8, 4) is 0 Å². The molecule has 35 heavy (non-hydrogen) atoms. The highest BCUT2D eigenvalue weighted by Crippen LogP contribution is 2.69. The number of alkyl halides is 3. The highest BCUT2D eigenvalue weighted by Gasteiger charge is 2.65. The van der Waals surface area contributed by atoms with Gasteiger partial charge in [0.1, 0.15) is 0 Å². The van der Waals surface area contributed by atoms with E-state index in [1.807, 2.05) is 0 Å². The molecule has 0 aromatic carbocycles. The standard InChI is InChI=1S/C30H51F3O2/c1-20(9-7-6-8-10-21(2)35-5)24-13-14-25-23-12-11-22-19-29(34,30(31,32)33)18-17-27(22,3)26(23)15-16-28(24,25)4/h20-26,34H,6-19H2,1-5H3/t20-,21?,22+,23+,24-,25+,26?,27+,28-,29+/m1/s1. The molecular formula is C30H51F3O2. The van der Waals surface area contributed by atoms with Crippen LogP contribution in [0, 0.1) is 46.3 Å². The van der Waals surface area contributed by atoms with Crippen molar-refractivity contribution in [2.75, 3.05) is 7.11 Å². The van der Waals surface area contributed by atoms with Crippen LogP contribution in [0.5, 0.6) is 0 Å². The molecule has 4 aliphatic rings. The molecule has 2 unspecified atom stereocenters.